The first-order valence-corrected chi connectivity index (χ1v) is 12.9. The monoisotopic (exact) mass is 584 g/mol. The van der Waals surface area contributed by atoms with Crippen molar-refractivity contribution in [1.29, 1.82) is 0 Å². The first kappa shape index (κ1) is 30.3. The number of ether oxygens (including phenoxy) is 4. The Morgan fingerprint density at radius 3 is 1.93 bits per heavy atom. The molecule has 4 aromatic rings. The number of hydrogen-bond acceptors (Lipinski definition) is 11. The Kier molecular flexibility index (Phi) is 9.69. The van der Waals surface area contributed by atoms with E-state index in [1.165, 1.54) is 25.3 Å². The summed E-state index contributed by atoms with van der Waals surface area (Å²) in [5, 5.41) is 0. The minimum absolute atomic E-state index is 0.0246. The summed E-state index contributed by atoms with van der Waals surface area (Å²) >= 11 is 0. The van der Waals surface area contributed by atoms with Crippen molar-refractivity contribution in [2.75, 3.05) is 33.3 Å². The molecule has 0 aliphatic carbocycles. The summed E-state index contributed by atoms with van der Waals surface area (Å²) in [6, 6.07) is 22.3. The van der Waals surface area contributed by atoms with Crippen LogP contribution in [0, 0.1) is 0 Å². The quantitative estimate of drug-likeness (QED) is 0.138. The maximum Gasteiger partial charge on any atom is 0.374 e. The van der Waals surface area contributed by atoms with Crippen LogP contribution >= 0.6 is 0 Å². The van der Waals surface area contributed by atoms with E-state index in [2.05, 4.69) is 4.98 Å². The molecular weight excluding hydrogens is 556 g/mol. The molecule has 0 radical (unpaired) electrons. The zero-order valence-electron chi connectivity index (χ0n) is 23.9. The normalized spacial score (nSPS) is 11.2. The van der Waals surface area contributed by atoms with E-state index in [9.17, 15) is 19.2 Å². The summed E-state index contributed by atoms with van der Waals surface area (Å²) in [7, 11) is 4.66. The molecule has 0 atom stereocenters. The van der Waals surface area contributed by atoms with Crippen LogP contribution in [0.1, 0.15) is 33.0 Å². The number of benzene rings is 2. The number of methoxy groups -OCH3 is 4. The molecule has 0 aliphatic heterocycles. The Morgan fingerprint density at radius 2 is 1.37 bits per heavy atom. The summed E-state index contributed by atoms with van der Waals surface area (Å²) < 4.78 is 26.2. The fourth-order valence-electron chi connectivity index (χ4n) is 4.40. The average molecular weight is 585 g/mol. The van der Waals surface area contributed by atoms with E-state index in [0.717, 1.165) is 14.2 Å². The van der Waals surface area contributed by atoms with Gasteiger partial charge in [-0.1, -0.05) is 54.6 Å². The number of nitrogens with zero attached hydrogens (tertiary/aromatic N) is 2. The van der Waals surface area contributed by atoms with E-state index < -0.39 is 36.1 Å². The molecule has 0 aliphatic rings. The van der Waals surface area contributed by atoms with Crippen molar-refractivity contribution in [3.63, 3.8) is 0 Å². The Hall–Kier alpha value is -5.71. The van der Waals surface area contributed by atoms with Gasteiger partial charge < -0.3 is 28.3 Å². The molecule has 2 aromatic heterocycles. The molecule has 0 unspecified atom stereocenters. The predicted octanol–water partition coefficient (Wildman–Crippen LogP) is 5.20. The number of aromatic nitrogens is 1. The van der Waals surface area contributed by atoms with Crippen LogP contribution in [0.25, 0.3) is 17.0 Å². The topological polar surface area (TPSA) is 134 Å². The van der Waals surface area contributed by atoms with E-state index >= 15 is 0 Å². The summed E-state index contributed by atoms with van der Waals surface area (Å²) in [5.41, 5.74) is 0.771. The summed E-state index contributed by atoms with van der Waals surface area (Å²) in [5.74, 6) is -3.82. The minimum Gasteiger partial charge on any atom is -0.469 e. The first-order chi connectivity index (χ1) is 20.9. The Morgan fingerprint density at radius 1 is 0.744 bits per heavy atom. The maximum absolute atomic E-state index is 13.5. The van der Waals surface area contributed by atoms with Crippen molar-refractivity contribution in [1.82, 2.24) is 4.98 Å². The van der Waals surface area contributed by atoms with Crippen LogP contribution in [0.15, 0.2) is 95.0 Å². The van der Waals surface area contributed by atoms with Gasteiger partial charge in [0.05, 0.1) is 51.8 Å². The second kappa shape index (κ2) is 13.8. The van der Waals surface area contributed by atoms with Crippen molar-refractivity contribution in [2.45, 2.75) is 6.42 Å². The van der Waals surface area contributed by atoms with Gasteiger partial charge in [-0.3, -0.25) is 9.78 Å². The van der Waals surface area contributed by atoms with Gasteiger partial charge in [-0.05, 0) is 24.3 Å². The Labute approximate surface area is 247 Å². The number of hydrogen-bond donors (Lipinski definition) is 0. The molecule has 220 valence electrons. The molecule has 0 amide bonds. The van der Waals surface area contributed by atoms with Gasteiger partial charge >= 0.3 is 23.9 Å². The Bertz CT molecular complexity index is 1650. The number of pyridine rings is 1. The molecule has 2 heterocycles. The number of carbonyl (C=O) groups is 4. The average Bonchev–Trinajstić information content (AvgIpc) is 3.46. The second-order valence-corrected chi connectivity index (χ2v) is 8.79. The van der Waals surface area contributed by atoms with E-state index in [1.54, 1.807) is 78.9 Å². The first-order valence-electron chi connectivity index (χ1n) is 12.9. The largest absolute Gasteiger partial charge is 0.469 e. The van der Waals surface area contributed by atoms with Gasteiger partial charge in [-0.15, -0.1) is 0 Å². The van der Waals surface area contributed by atoms with Gasteiger partial charge in [0, 0.05) is 17.4 Å². The van der Waals surface area contributed by atoms with Crippen molar-refractivity contribution in [3.8, 4) is 11.3 Å². The summed E-state index contributed by atoms with van der Waals surface area (Å²) in [6.45, 7) is 0. The van der Waals surface area contributed by atoms with Crippen LogP contribution in [0.2, 0.25) is 0 Å². The molecular formula is C32H28N2O9. The number of anilines is 2. The van der Waals surface area contributed by atoms with Crippen LogP contribution in [0.5, 0.6) is 0 Å². The number of para-hydroxylation sites is 1. The smallest absolute Gasteiger partial charge is 0.374 e. The predicted molar refractivity (Wildman–Crippen MR) is 155 cm³/mol. The SMILES string of the molecule is COC(=O)C/C(C(=O)OC)=C(/c1ccccn1)N(c1ccccc1)c1c(-c2ccccc2)oc(C(=O)OC)c1C(=O)OC. The van der Waals surface area contributed by atoms with Crippen molar-refractivity contribution >= 4 is 40.9 Å². The third-order valence-corrected chi connectivity index (χ3v) is 6.31. The van der Waals surface area contributed by atoms with Gasteiger partial charge in [-0.2, -0.15) is 0 Å². The van der Waals surface area contributed by atoms with Gasteiger partial charge in [-0.25, -0.2) is 14.4 Å². The molecule has 0 spiro atoms. The number of carbonyl (C=O) groups excluding carboxylic acids is 4. The molecule has 4 rings (SSSR count). The molecule has 2 aromatic carbocycles. The summed E-state index contributed by atoms with van der Waals surface area (Å²) in [4.78, 5) is 58.5. The van der Waals surface area contributed by atoms with E-state index in [4.69, 9.17) is 23.4 Å². The molecule has 0 bridgehead atoms. The lowest BCUT2D eigenvalue weighted by Crippen LogP contribution is -2.25. The van der Waals surface area contributed by atoms with Crippen molar-refractivity contribution in [2.24, 2.45) is 0 Å². The molecule has 11 heteroatoms. The highest BCUT2D eigenvalue weighted by Gasteiger charge is 2.38. The highest BCUT2D eigenvalue weighted by molar-refractivity contribution is 6.13. The molecule has 11 nitrogen and oxygen atoms in total. The number of esters is 4. The van der Waals surface area contributed by atoms with E-state index in [1.807, 2.05) is 0 Å². The lowest BCUT2D eigenvalue weighted by atomic mass is 10.0. The van der Waals surface area contributed by atoms with Crippen LogP contribution < -0.4 is 4.90 Å². The van der Waals surface area contributed by atoms with Gasteiger partial charge in [0.1, 0.15) is 11.3 Å². The minimum atomic E-state index is -0.942. The zero-order valence-corrected chi connectivity index (χ0v) is 23.9. The lowest BCUT2D eigenvalue weighted by molar-refractivity contribution is -0.143. The van der Waals surface area contributed by atoms with Crippen LogP contribution in [-0.2, 0) is 28.5 Å². The van der Waals surface area contributed by atoms with Crippen molar-refractivity contribution < 1.29 is 42.5 Å². The van der Waals surface area contributed by atoms with Crippen molar-refractivity contribution in [3.05, 3.63) is 108 Å². The highest BCUT2D eigenvalue weighted by Crippen LogP contribution is 2.47. The molecule has 0 N–H and O–H groups in total. The Balaban J connectivity index is 2.27. The van der Waals surface area contributed by atoms with Gasteiger partial charge in [0.25, 0.3) is 0 Å². The van der Waals surface area contributed by atoms with Gasteiger partial charge in [0.2, 0.25) is 5.76 Å². The molecule has 0 saturated carbocycles. The van der Waals surface area contributed by atoms with Gasteiger partial charge in [0.15, 0.2) is 5.76 Å². The molecule has 0 fully saturated rings. The maximum atomic E-state index is 13.5. The fraction of sp³-hybridized carbons (Fsp3) is 0.156. The van der Waals surface area contributed by atoms with E-state index in [0.29, 0.717) is 11.3 Å². The van der Waals surface area contributed by atoms with Crippen LogP contribution in [-0.4, -0.2) is 57.3 Å². The third kappa shape index (κ3) is 6.30. The van der Waals surface area contributed by atoms with E-state index in [-0.39, 0.29) is 34.0 Å². The van der Waals surface area contributed by atoms with Crippen LogP contribution in [0.4, 0.5) is 11.4 Å². The molecule has 43 heavy (non-hydrogen) atoms. The highest BCUT2D eigenvalue weighted by atomic mass is 16.5. The second-order valence-electron chi connectivity index (χ2n) is 8.79. The van der Waals surface area contributed by atoms with Crippen LogP contribution in [0.3, 0.4) is 0 Å². The summed E-state index contributed by atoms with van der Waals surface area (Å²) in [6.07, 6.45) is 0.981. The standard InChI is InChI=1S/C32H28N2O9/c1-39-24(35)19-22(30(36)40-2)26(23-17-11-12-18-33-23)34(21-15-9-6-10-16-21)27-25(31(37)41-3)29(32(38)42-4)43-28(27)20-13-7-5-8-14-20/h5-18H,19H2,1-4H3/b26-22+. The fourth-order valence-corrected chi connectivity index (χ4v) is 4.40. The number of rotatable bonds is 10. The number of furan rings is 1. The molecule has 0 saturated heterocycles. The zero-order chi connectivity index (χ0) is 30.9. The lowest BCUT2D eigenvalue weighted by Gasteiger charge is -2.30. The third-order valence-electron chi connectivity index (χ3n) is 6.31.